The molecule has 6 nitrogen and oxygen atoms in total. The molecule has 0 aliphatic heterocycles. The van der Waals surface area contributed by atoms with Gasteiger partial charge in [-0.05, 0) is 89.1 Å². The number of rotatable bonds is 45. The van der Waals surface area contributed by atoms with Crippen LogP contribution in [0.15, 0.2) is 0 Å². The molecule has 0 fully saturated rings. The number of aliphatic hydroxyl groups excluding tert-OH is 1. The molecule has 3 unspecified atom stereocenters. The molecule has 0 heterocycles. The molecule has 0 aliphatic carbocycles. The Kier molecular flexibility index (Phi) is 42.6. The molecule has 0 aromatic heterocycles. The number of carbonyl (C=O) groups is 2. The van der Waals surface area contributed by atoms with Gasteiger partial charge >= 0.3 is 11.9 Å². The molecule has 0 aromatic carbocycles. The van der Waals surface area contributed by atoms with Crippen LogP contribution in [0, 0.1) is 11.8 Å². The van der Waals surface area contributed by atoms with Gasteiger partial charge in [-0.3, -0.25) is 9.59 Å². The average Bonchev–Trinajstić information content (AvgIpc) is 3.20. The van der Waals surface area contributed by atoms with Crippen molar-refractivity contribution in [3.63, 3.8) is 0 Å². The summed E-state index contributed by atoms with van der Waals surface area (Å²) in [7, 11) is 0. The minimum atomic E-state index is 0.00794. The van der Waals surface area contributed by atoms with Gasteiger partial charge in [0.15, 0.2) is 0 Å². The highest BCUT2D eigenvalue weighted by Gasteiger charge is 2.17. The first-order valence-corrected chi connectivity index (χ1v) is 25.1. The van der Waals surface area contributed by atoms with E-state index in [1.807, 2.05) is 0 Å². The summed E-state index contributed by atoms with van der Waals surface area (Å²) < 4.78 is 11.5. The van der Waals surface area contributed by atoms with Gasteiger partial charge < -0.3 is 19.5 Å². The second-order valence-corrected chi connectivity index (χ2v) is 17.5. The van der Waals surface area contributed by atoms with Crippen LogP contribution in [0.3, 0.4) is 0 Å². The number of ether oxygens (including phenoxy) is 2. The molecule has 0 saturated heterocycles. The lowest BCUT2D eigenvalue weighted by Crippen LogP contribution is -2.36. The van der Waals surface area contributed by atoms with Crippen LogP contribution in [-0.4, -0.2) is 60.9 Å². The molecule has 6 heteroatoms. The number of carbonyl (C=O) groups excluding carboxylic acids is 2. The highest BCUT2D eigenvalue weighted by Crippen LogP contribution is 2.22. The first-order chi connectivity index (χ1) is 27.4. The number of hydrogen-bond acceptors (Lipinski definition) is 6. The van der Waals surface area contributed by atoms with E-state index < -0.39 is 0 Å². The topological polar surface area (TPSA) is 76.1 Å². The van der Waals surface area contributed by atoms with Crippen LogP contribution in [0.5, 0.6) is 0 Å². The third-order valence-electron chi connectivity index (χ3n) is 12.2. The van der Waals surface area contributed by atoms with Gasteiger partial charge in [0.1, 0.15) is 0 Å². The Morgan fingerprint density at radius 1 is 0.429 bits per heavy atom. The molecule has 1 N–H and O–H groups in total. The summed E-state index contributed by atoms with van der Waals surface area (Å²) >= 11 is 0. The van der Waals surface area contributed by atoms with Crippen molar-refractivity contribution in [1.82, 2.24) is 4.90 Å². The molecule has 0 radical (unpaired) electrons. The predicted molar refractivity (Wildman–Crippen MR) is 241 cm³/mol. The molecule has 0 aliphatic rings. The van der Waals surface area contributed by atoms with Crippen molar-refractivity contribution in [2.45, 2.75) is 265 Å². The minimum Gasteiger partial charge on any atom is -0.465 e. The number of aliphatic hydroxyl groups is 1. The van der Waals surface area contributed by atoms with Gasteiger partial charge in [0.25, 0.3) is 0 Å². The molecular weight excluding hydrogens is 695 g/mol. The van der Waals surface area contributed by atoms with Gasteiger partial charge in [-0.15, -0.1) is 0 Å². The molecule has 3 atom stereocenters. The fraction of sp³-hybridized carbons (Fsp3) is 0.960. The second kappa shape index (κ2) is 43.4. The molecule has 56 heavy (non-hydrogen) atoms. The Hall–Kier alpha value is -1.14. The summed E-state index contributed by atoms with van der Waals surface area (Å²) in [5, 5.41) is 9.35. The Labute approximate surface area is 350 Å². The average molecular weight is 794 g/mol. The maximum Gasteiger partial charge on any atom is 0.305 e. The lowest BCUT2D eigenvalue weighted by Gasteiger charge is -2.31. The van der Waals surface area contributed by atoms with Gasteiger partial charge in [-0.25, -0.2) is 0 Å². The van der Waals surface area contributed by atoms with Crippen molar-refractivity contribution in [1.29, 1.82) is 0 Å². The van der Waals surface area contributed by atoms with Crippen molar-refractivity contribution in [2.75, 3.05) is 32.9 Å². The van der Waals surface area contributed by atoms with Gasteiger partial charge in [0.05, 0.1) is 13.2 Å². The van der Waals surface area contributed by atoms with Crippen molar-refractivity contribution in [3.05, 3.63) is 0 Å². The summed E-state index contributed by atoms with van der Waals surface area (Å²) in [5.74, 6) is 1.10. The van der Waals surface area contributed by atoms with E-state index in [-0.39, 0.29) is 18.5 Å². The van der Waals surface area contributed by atoms with E-state index in [4.69, 9.17) is 9.47 Å². The zero-order valence-corrected chi connectivity index (χ0v) is 38.5. The third kappa shape index (κ3) is 36.0. The van der Waals surface area contributed by atoms with Crippen LogP contribution in [0.2, 0.25) is 0 Å². The van der Waals surface area contributed by atoms with E-state index in [1.165, 1.54) is 173 Å². The number of hydrogen-bond donors (Lipinski definition) is 1. The van der Waals surface area contributed by atoms with Gasteiger partial charge in [0.2, 0.25) is 0 Å². The molecule has 0 rings (SSSR count). The van der Waals surface area contributed by atoms with E-state index in [9.17, 15) is 14.7 Å². The summed E-state index contributed by atoms with van der Waals surface area (Å²) in [6.45, 7) is 15.0. The van der Waals surface area contributed by atoms with Crippen LogP contribution in [-0.2, 0) is 19.1 Å². The normalized spacial score (nSPS) is 13.3. The lowest BCUT2D eigenvalue weighted by molar-refractivity contribution is -0.146. The quantitative estimate of drug-likeness (QED) is 0.0489. The number of esters is 2. The fourth-order valence-corrected chi connectivity index (χ4v) is 8.32. The molecule has 0 aromatic rings. The SMILES string of the molecule is CCCCCCCC(CCCC)COC(=O)CCCCCCCCC(CCCCCCCCC(=O)OCC(CCCC)CCCCCC)N(CC)CCCCO. The van der Waals surface area contributed by atoms with Crippen LogP contribution in [0.1, 0.15) is 259 Å². The van der Waals surface area contributed by atoms with E-state index in [2.05, 4.69) is 39.5 Å². The smallest absolute Gasteiger partial charge is 0.305 e. The van der Waals surface area contributed by atoms with Gasteiger partial charge in [-0.1, -0.05) is 182 Å². The Morgan fingerprint density at radius 2 is 0.786 bits per heavy atom. The molecule has 0 bridgehead atoms. The van der Waals surface area contributed by atoms with Crippen LogP contribution in [0.25, 0.3) is 0 Å². The summed E-state index contributed by atoms with van der Waals surface area (Å²) in [4.78, 5) is 27.6. The highest BCUT2D eigenvalue weighted by molar-refractivity contribution is 5.69. The predicted octanol–water partition coefficient (Wildman–Crippen LogP) is 14.7. The lowest BCUT2D eigenvalue weighted by atomic mass is 9.96. The van der Waals surface area contributed by atoms with Gasteiger partial charge in [-0.2, -0.15) is 0 Å². The fourth-order valence-electron chi connectivity index (χ4n) is 8.32. The Morgan fingerprint density at radius 3 is 1.20 bits per heavy atom. The van der Waals surface area contributed by atoms with E-state index in [0.29, 0.717) is 43.9 Å². The summed E-state index contributed by atoms with van der Waals surface area (Å²) in [5.41, 5.74) is 0. The monoisotopic (exact) mass is 794 g/mol. The number of unbranched alkanes of at least 4 members (excludes halogenated alkanes) is 20. The molecule has 0 spiro atoms. The van der Waals surface area contributed by atoms with Crippen LogP contribution in [0.4, 0.5) is 0 Å². The van der Waals surface area contributed by atoms with Crippen molar-refractivity contribution in [2.24, 2.45) is 11.8 Å². The van der Waals surface area contributed by atoms with Crippen LogP contribution < -0.4 is 0 Å². The van der Waals surface area contributed by atoms with Gasteiger partial charge in [0, 0.05) is 25.5 Å². The number of nitrogens with zero attached hydrogens (tertiary/aromatic N) is 1. The highest BCUT2D eigenvalue weighted by atomic mass is 16.5. The van der Waals surface area contributed by atoms with E-state index >= 15 is 0 Å². The summed E-state index contributed by atoms with van der Waals surface area (Å²) in [6, 6.07) is 0.633. The summed E-state index contributed by atoms with van der Waals surface area (Å²) in [6.07, 6.45) is 41.2. The first-order valence-electron chi connectivity index (χ1n) is 25.1. The Balaban J connectivity index is 4.31. The van der Waals surface area contributed by atoms with Crippen LogP contribution >= 0.6 is 0 Å². The molecule has 0 saturated carbocycles. The standard InChI is InChI=1S/C50H99NO5/c1-6-11-15-21-27-37-47(35-14-9-4)45-56-50(54)41-31-25-20-18-23-29-39-48(51(10-5)42-32-33-43-52)38-28-22-17-19-24-30-40-49(53)55-44-46(34-13-8-3)36-26-16-12-7-2/h46-48,52H,6-45H2,1-5H3. The zero-order chi connectivity index (χ0) is 41.2. The maximum absolute atomic E-state index is 12.5. The maximum atomic E-state index is 12.5. The largest absolute Gasteiger partial charge is 0.465 e. The molecular formula is C50H99NO5. The van der Waals surface area contributed by atoms with Crippen molar-refractivity contribution in [3.8, 4) is 0 Å². The third-order valence-corrected chi connectivity index (χ3v) is 12.2. The Bertz CT molecular complexity index is 821. The first kappa shape index (κ1) is 54.9. The van der Waals surface area contributed by atoms with Crippen molar-refractivity contribution >= 4 is 11.9 Å². The molecule has 334 valence electrons. The van der Waals surface area contributed by atoms with E-state index in [1.54, 1.807) is 0 Å². The second-order valence-electron chi connectivity index (χ2n) is 17.5. The molecule has 0 amide bonds. The minimum absolute atomic E-state index is 0.00794. The zero-order valence-electron chi connectivity index (χ0n) is 38.5. The van der Waals surface area contributed by atoms with Crippen molar-refractivity contribution < 1.29 is 24.2 Å². The van der Waals surface area contributed by atoms with E-state index in [0.717, 1.165) is 51.6 Å².